The first kappa shape index (κ1) is 26.7. The van der Waals surface area contributed by atoms with Crippen molar-refractivity contribution in [2.24, 2.45) is 5.41 Å². The number of benzene rings is 2. The summed E-state index contributed by atoms with van der Waals surface area (Å²) in [4.78, 5) is 10.9. The predicted octanol–water partition coefficient (Wildman–Crippen LogP) is 6.60. The molecule has 1 saturated heterocycles. The van der Waals surface area contributed by atoms with Gasteiger partial charge in [-0.15, -0.1) is 0 Å². The second-order valence-electron chi connectivity index (χ2n) is 11.6. The van der Waals surface area contributed by atoms with Crippen LogP contribution in [0.1, 0.15) is 56.2 Å². The monoisotopic (exact) mass is 547 g/mol. The third kappa shape index (κ3) is 5.20. The van der Waals surface area contributed by atoms with Crippen molar-refractivity contribution in [1.29, 1.82) is 5.26 Å². The zero-order valence-corrected chi connectivity index (χ0v) is 23.4. The maximum atomic E-state index is 15.6. The number of hydrogen-bond donors (Lipinski definition) is 1. The molecule has 2 aliphatic rings. The fourth-order valence-corrected chi connectivity index (χ4v) is 6.11. The van der Waals surface area contributed by atoms with Crippen molar-refractivity contribution in [3.63, 3.8) is 0 Å². The van der Waals surface area contributed by atoms with E-state index in [0.717, 1.165) is 49.1 Å². The third-order valence-corrected chi connectivity index (χ3v) is 8.60. The van der Waals surface area contributed by atoms with Crippen LogP contribution in [0.25, 0.3) is 22.3 Å². The van der Waals surface area contributed by atoms with E-state index in [1.165, 1.54) is 12.7 Å². The highest BCUT2D eigenvalue weighted by molar-refractivity contribution is 5.98. The maximum Gasteiger partial charge on any atom is 0.164 e. The van der Waals surface area contributed by atoms with Crippen LogP contribution in [-0.4, -0.2) is 37.7 Å². The van der Waals surface area contributed by atoms with Gasteiger partial charge in [-0.3, -0.25) is 0 Å². The maximum absolute atomic E-state index is 15.6. The third-order valence-electron chi connectivity index (χ3n) is 8.60. The number of nitrogens with zero attached hydrogens (tertiary/aromatic N) is 6. The Kier molecular flexibility index (Phi) is 7.04. The summed E-state index contributed by atoms with van der Waals surface area (Å²) in [5.41, 5.74) is 11.2. The molecular weight excluding hydrogens is 513 g/mol. The molecule has 2 aromatic carbocycles. The van der Waals surface area contributed by atoms with Crippen molar-refractivity contribution in [2.45, 2.75) is 51.5 Å². The van der Waals surface area contributed by atoms with Crippen LogP contribution in [-0.2, 0) is 6.42 Å². The van der Waals surface area contributed by atoms with Crippen molar-refractivity contribution >= 4 is 16.9 Å². The fourth-order valence-electron chi connectivity index (χ4n) is 6.11. The van der Waals surface area contributed by atoms with Crippen molar-refractivity contribution in [1.82, 2.24) is 24.6 Å². The van der Waals surface area contributed by atoms with E-state index in [1.807, 2.05) is 41.1 Å². The lowest BCUT2D eigenvalue weighted by Gasteiger charge is -2.38. The number of allylic oxidation sites excluding steroid dienone is 2. The number of likely N-dealkylation sites (tertiary alicyclic amines) is 1. The van der Waals surface area contributed by atoms with Gasteiger partial charge in [-0.1, -0.05) is 62.4 Å². The molecule has 4 aromatic rings. The van der Waals surface area contributed by atoms with Crippen molar-refractivity contribution in [2.75, 3.05) is 18.8 Å². The summed E-state index contributed by atoms with van der Waals surface area (Å²) >= 11 is 0. The molecule has 2 aromatic heterocycles. The van der Waals surface area contributed by atoms with Crippen LogP contribution >= 0.6 is 0 Å². The summed E-state index contributed by atoms with van der Waals surface area (Å²) in [5.74, 6) is -0.0929. The van der Waals surface area contributed by atoms with Gasteiger partial charge in [0, 0.05) is 24.4 Å². The zero-order chi connectivity index (χ0) is 28.6. The van der Waals surface area contributed by atoms with E-state index in [1.54, 1.807) is 12.1 Å². The minimum Gasteiger partial charge on any atom is -0.383 e. The molecular formula is C33H34FN7. The molecule has 0 spiro atoms. The molecule has 1 aliphatic heterocycles. The lowest BCUT2D eigenvalue weighted by molar-refractivity contribution is 0.213. The van der Waals surface area contributed by atoms with Crippen molar-refractivity contribution in [3.8, 4) is 17.3 Å². The van der Waals surface area contributed by atoms with E-state index in [2.05, 4.69) is 40.5 Å². The summed E-state index contributed by atoms with van der Waals surface area (Å²) in [5, 5.41) is 15.4. The molecule has 0 bridgehead atoms. The quantitative estimate of drug-likeness (QED) is 0.207. The Balaban J connectivity index is 1.32. The Morgan fingerprint density at radius 2 is 1.98 bits per heavy atom. The second kappa shape index (κ2) is 10.8. The summed E-state index contributed by atoms with van der Waals surface area (Å²) < 4.78 is 17.5. The highest BCUT2D eigenvalue weighted by Gasteiger charge is 2.32. The normalized spacial score (nSPS) is 18.6. The van der Waals surface area contributed by atoms with Gasteiger partial charge in [0.25, 0.3) is 0 Å². The van der Waals surface area contributed by atoms with Crippen LogP contribution in [0.15, 0.2) is 78.8 Å². The molecule has 1 unspecified atom stereocenters. The molecule has 7 nitrogen and oxygen atoms in total. The van der Waals surface area contributed by atoms with Crippen LogP contribution in [0.5, 0.6) is 0 Å². The summed E-state index contributed by atoms with van der Waals surface area (Å²) in [6, 6.07) is 17.6. The predicted molar refractivity (Wildman–Crippen MR) is 159 cm³/mol. The molecule has 3 heterocycles. The second-order valence-corrected chi connectivity index (χ2v) is 11.6. The number of aromatic nitrogens is 4. The van der Waals surface area contributed by atoms with Crippen molar-refractivity contribution < 1.29 is 4.39 Å². The highest BCUT2D eigenvalue weighted by atomic mass is 19.1. The van der Waals surface area contributed by atoms with Gasteiger partial charge in [-0.05, 0) is 60.8 Å². The fraction of sp³-hybridized carbons (Fsp3) is 0.333. The number of halogens is 1. The summed E-state index contributed by atoms with van der Waals surface area (Å²) in [6.07, 6.45) is 9.32. The first-order chi connectivity index (χ1) is 19.8. The van der Waals surface area contributed by atoms with Gasteiger partial charge < -0.3 is 10.6 Å². The molecule has 41 heavy (non-hydrogen) atoms. The molecule has 1 saturated carbocycles. The number of nitriles is 1. The van der Waals surface area contributed by atoms with Crippen LogP contribution in [0.2, 0.25) is 0 Å². The van der Waals surface area contributed by atoms with Crippen LogP contribution in [0, 0.1) is 22.6 Å². The molecule has 1 atom stereocenters. The minimum absolute atomic E-state index is 0.0503. The first-order valence-corrected chi connectivity index (χ1v) is 14.2. The lowest BCUT2D eigenvalue weighted by atomic mass is 9.69. The molecule has 0 amide bonds. The average molecular weight is 548 g/mol. The number of nitrogens with two attached hydrogens (primary N) is 1. The van der Waals surface area contributed by atoms with Gasteiger partial charge in [0.05, 0.1) is 17.0 Å². The van der Waals surface area contributed by atoms with Gasteiger partial charge in [0.2, 0.25) is 0 Å². The summed E-state index contributed by atoms with van der Waals surface area (Å²) in [6.45, 7) is 7.94. The van der Waals surface area contributed by atoms with Crippen LogP contribution in [0.3, 0.4) is 0 Å². The number of fused-ring (bicyclic) bond motifs is 1. The van der Waals surface area contributed by atoms with E-state index in [4.69, 9.17) is 10.8 Å². The minimum atomic E-state index is -0.361. The van der Waals surface area contributed by atoms with Crippen LogP contribution < -0.4 is 5.73 Å². The number of piperidine rings is 1. The molecule has 208 valence electrons. The van der Waals surface area contributed by atoms with Crippen molar-refractivity contribution in [3.05, 3.63) is 95.7 Å². The zero-order valence-electron chi connectivity index (χ0n) is 23.4. The molecule has 6 rings (SSSR count). The van der Waals surface area contributed by atoms with Gasteiger partial charge in [0.15, 0.2) is 5.65 Å². The Labute approximate surface area is 239 Å². The van der Waals surface area contributed by atoms with E-state index < -0.39 is 0 Å². The smallest absolute Gasteiger partial charge is 0.164 e. The molecule has 2 N–H and O–H groups in total. The highest BCUT2D eigenvalue weighted by Crippen LogP contribution is 2.43. The van der Waals surface area contributed by atoms with E-state index in [0.29, 0.717) is 40.8 Å². The van der Waals surface area contributed by atoms with Gasteiger partial charge in [-0.25, -0.2) is 19.0 Å². The van der Waals surface area contributed by atoms with Gasteiger partial charge in [-0.2, -0.15) is 10.4 Å². The number of hydrogen-bond acceptors (Lipinski definition) is 6. The number of nitrogen functional groups attached to an aromatic ring is 1. The molecule has 0 radical (unpaired) electrons. The first-order valence-electron chi connectivity index (χ1n) is 14.2. The Hall–Kier alpha value is -4.51. The topological polar surface area (TPSA) is 96.7 Å². The van der Waals surface area contributed by atoms with E-state index in [-0.39, 0.29) is 23.1 Å². The van der Waals surface area contributed by atoms with Gasteiger partial charge in [0.1, 0.15) is 29.7 Å². The SMILES string of the molecule is C=C(/C(C#N)=C/C1(C)CCC1)N1CCCC(n2nc(-c3ccc(Cc4ccccc4)cc3F)c3c(N)ncnc32)C1. The Morgan fingerprint density at radius 1 is 1.17 bits per heavy atom. The molecule has 8 heteroatoms. The van der Waals surface area contributed by atoms with E-state index in [9.17, 15) is 5.26 Å². The van der Waals surface area contributed by atoms with Crippen LogP contribution in [0.4, 0.5) is 10.2 Å². The lowest BCUT2D eigenvalue weighted by Crippen LogP contribution is -2.37. The molecule has 2 fully saturated rings. The summed E-state index contributed by atoms with van der Waals surface area (Å²) in [7, 11) is 0. The Morgan fingerprint density at radius 3 is 2.68 bits per heavy atom. The van der Waals surface area contributed by atoms with Gasteiger partial charge >= 0.3 is 0 Å². The Bertz CT molecular complexity index is 1680. The largest absolute Gasteiger partial charge is 0.383 e. The number of anilines is 1. The number of rotatable bonds is 7. The van der Waals surface area contributed by atoms with E-state index >= 15 is 4.39 Å². The standard InChI is InChI=1S/C33H34FN7/c1-22(25(19-35)18-33(2)13-7-14-33)40-15-6-10-26(20-40)41-32-29(31(36)37-21-38-32)30(39-41)27-12-11-24(17-28(27)34)16-23-8-4-3-5-9-23/h3-5,8-9,11-12,17-18,21,26H,1,6-7,10,13-16,20H2,2H3,(H2,36,37,38)/b25-18+. The molecule has 1 aliphatic carbocycles. The average Bonchev–Trinajstić information content (AvgIpc) is 3.36.